The van der Waals surface area contributed by atoms with Gasteiger partial charge in [0.2, 0.25) is 5.36 Å². The molecule has 3 heterocycles. The van der Waals surface area contributed by atoms with Crippen molar-refractivity contribution in [3.8, 4) is 11.5 Å². The van der Waals surface area contributed by atoms with Crippen LogP contribution in [-0.2, 0) is 17.4 Å². The minimum Gasteiger partial charge on any atom is -0.452 e. The number of rotatable bonds is 8. The summed E-state index contributed by atoms with van der Waals surface area (Å²) < 4.78 is 19.7. The molecule has 33 heavy (non-hydrogen) atoms. The van der Waals surface area contributed by atoms with E-state index < -0.39 is 7.60 Å². The lowest BCUT2D eigenvalue weighted by Crippen LogP contribution is -2.29. The Morgan fingerprint density at radius 2 is 1.97 bits per heavy atom. The van der Waals surface area contributed by atoms with Gasteiger partial charge >= 0.3 is 7.60 Å². The highest BCUT2D eigenvalue weighted by molar-refractivity contribution is 7.51. The predicted molar refractivity (Wildman–Crippen MR) is 130 cm³/mol. The van der Waals surface area contributed by atoms with Crippen molar-refractivity contribution in [2.45, 2.75) is 46.0 Å². The van der Waals surface area contributed by atoms with Crippen molar-refractivity contribution in [3.63, 3.8) is 0 Å². The molecular weight excluding hydrogens is 437 g/mol. The summed E-state index contributed by atoms with van der Waals surface area (Å²) >= 11 is 0. The van der Waals surface area contributed by atoms with Crippen molar-refractivity contribution in [1.82, 2.24) is 4.58 Å². The Balaban J connectivity index is 1.40. The summed E-state index contributed by atoms with van der Waals surface area (Å²) in [4.78, 5) is 25.7. The molecule has 0 aliphatic carbocycles. The number of ether oxygens (including phenoxy) is 1. The molecule has 176 valence electrons. The quantitative estimate of drug-likeness (QED) is 0.390. The van der Waals surface area contributed by atoms with Crippen LogP contribution < -0.4 is 24.9 Å². The average Bonchev–Trinajstić information content (AvgIpc) is 3.31. The van der Waals surface area contributed by atoms with E-state index in [1.807, 2.05) is 0 Å². The molecule has 2 aromatic carbocycles. The second kappa shape index (κ2) is 8.86. The van der Waals surface area contributed by atoms with E-state index in [9.17, 15) is 4.57 Å². The first-order valence-electron chi connectivity index (χ1n) is 12.0. The monoisotopic (exact) mass is 470 g/mol. The van der Waals surface area contributed by atoms with Gasteiger partial charge in [-0.3, -0.25) is 4.57 Å². The molecule has 0 fully saturated rings. The van der Waals surface area contributed by atoms with E-state index in [0.29, 0.717) is 13.0 Å². The molecule has 8 heteroatoms. The van der Waals surface area contributed by atoms with Gasteiger partial charge in [0.1, 0.15) is 24.1 Å². The average molecular weight is 471 g/mol. The normalized spacial score (nSPS) is 16.3. The Kier molecular flexibility index (Phi) is 6.06. The Labute approximate surface area is 194 Å². The largest absolute Gasteiger partial charge is 0.452 e. The minimum atomic E-state index is -3.96. The summed E-state index contributed by atoms with van der Waals surface area (Å²) in [7, 11) is -3.96. The SMILES string of the molecule is CC(C)CCCN1CCc2cc3c(cc21)Oc1cc2c(cc1=N3)CC[N+]=2CCCP(=O)(O)O. The van der Waals surface area contributed by atoms with Gasteiger partial charge < -0.3 is 19.4 Å². The second-order valence-corrected chi connectivity index (χ2v) is 11.6. The number of benzene rings is 2. The molecule has 0 aromatic heterocycles. The summed E-state index contributed by atoms with van der Waals surface area (Å²) in [5.74, 6) is 2.29. The molecule has 0 radical (unpaired) electrons. The van der Waals surface area contributed by atoms with Crippen LogP contribution in [0.4, 0.5) is 11.4 Å². The van der Waals surface area contributed by atoms with Crippen molar-refractivity contribution in [1.29, 1.82) is 0 Å². The summed E-state index contributed by atoms with van der Waals surface area (Å²) in [5, 5.41) is 1.96. The van der Waals surface area contributed by atoms with E-state index in [0.717, 1.165) is 66.3 Å². The van der Waals surface area contributed by atoms with Crippen LogP contribution in [0.1, 0.15) is 44.2 Å². The fourth-order valence-electron chi connectivity index (χ4n) is 5.15. The van der Waals surface area contributed by atoms with E-state index in [1.54, 1.807) is 0 Å². The van der Waals surface area contributed by atoms with Gasteiger partial charge in [0.05, 0.1) is 12.2 Å². The van der Waals surface area contributed by atoms with E-state index in [-0.39, 0.29) is 6.16 Å². The summed E-state index contributed by atoms with van der Waals surface area (Å²) in [6.07, 6.45) is 4.80. The van der Waals surface area contributed by atoms with Crippen molar-refractivity contribution >= 4 is 19.0 Å². The van der Waals surface area contributed by atoms with Gasteiger partial charge in [-0.05, 0) is 42.9 Å². The van der Waals surface area contributed by atoms with Gasteiger partial charge in [-0.2, -0.15) is 0 Å². The lowest BCUT2D eigenvalue weighted by Gasteiger charge is -2.22. The zero-order chi connectivity index (χ0) is 23.2. The lowest BCUT2D eigenvalue weighted by atomic mass is 10.1. The fraction of sp³-hybridized carbons (Fsp3) is 0.520. The van der Waals surface area contributed by atoms with E-state index in [2.05, 4.69) is 47.6 Å². The summed E-state index contributed by atoms with van der Waals surface area (Å²) in [5.41, 5.74) is 4.75. The molecule has 0 atom stereocenters. The molecule has 0 unspecified atom stereocenters. The molecule has 5 rings (SSSR count). The van der Waals surface area contributed by atoms with Crippen molar-refractivity contribution < 1.29 is 19.1 Å². The van der Waals surface area contributed by atoms with Gasteiger partial charge in [-0.15, -0.1) is 0 Å². The van der Waals surface area contributed by atoms with Crippen molar-refractivity contribution in [3.05, 3.63) is 46.1 Å². The van der Waals surface area contributed by atoms with E-state index in [4.69, 9.17) is 19.5 Å². The molecular formula is C25H33N3O4P+. The van der Waals surface area contributed by atoms with Crippen LogP contribution in [0.15, 0.2) is 29.3 Å². The molecule has 7 nitrogen and oxygen atoms in total. The molecule has 3 aliphatic heterocycles. The fourth-order valence-corrected chi connectivity index (χ4v) is 5.71. The third kappa shape index (κ3) is 4.86. The Morgan fingerprint density at radius 1 is 1.12 bits per heavy atom. The van der Waals surface area contributed by atoms with Crippen LogP contribution in [0.5, 0.6) is 11.5 Å². The van der Waals surface area contributed by atoms with E-state index in [1.165, 1.54) is 29.7 Å². The van der Waals surface area contributed by atoms with Crippen LogP contribution in [0, 0.1) is 5.92 Å². The van der Waals surface area contributed by atoms with Crippen molar-refractivity contribution in [2.24, 2.45) is 10.9 Å². The van der Waals surface area contributed by atoms with Crippen LogP contribution in [-0.4, -0.2) is 42.1 Å². The second-order valence-electron chi connectivity index (χ2n) is 9.86. The molecule has 0 bridgehead atoms. The maximum atomic E-state index is 11.2. The standard InChI is InChI=1S/C25H32N3O4P/c1-17(2)5-3-8-27-10-6-18-13-20-24(15-22(18)27)32-25-16-23-19(14-21(25)26-20)7-11-28(23)9-4-12-33(29,30)31/h13-17H,3-12H2,1-2H3,(H-,29,30,31)/p+1. The molecule has 0 saturated heterocycles. The third-order valence-electron chi connectivity index (χ3n) is 6.85. The molecule has 0 amide bonds. The molecule has 0 saturated carbocycles. The summed E-state index contributed by atoms with van der Waals surface area (Å²) in [6, 6.07) is 8.51. The highest BCUT2D eigenvalue weighted by Crippen LogP contribution is 2.42. The maximum Gasteiger partial charge on any atom is 0.325 e. The Morgan fingerprint density at radius 3 is 2.76 bits per heavy atom. The zero-order valence-electron chi connectivity index (χ0n) is 19.5. The summed E-state index contributed by atoms with van der Waals surface area (Å²) in [6.45, 7) is 8.17. The van der Waals surface area contributed by atoms with Crippen molar-refractivity contribution in [2.75, 3.05) is 37.2 Å². The van der Waals surface area contributed by atoms with Gasteiger partial charge in [-0.25, -0.2) is 9.57 Å². The van der Waals surface area contributed by atoms with Crippen LogP contribution in [0.3, 0.4) is 0 Å². The van der Waals surface area contributed by atoms with Crippen LogP contribution in [0.2, 0.25) is 0 Å². The number of hydrogen-bond donors (Lipinski definition) is 2. The van der Waals surface area contributed by atoms with Crippen LogP contribution in [0.25, 0.3) is 0 Å². The number of nitrogens with zero attached hydrogens (tertiary/aromatic N) is 3. The van der Waals surface area contributed by atoms with E-state index >= 15 is 0 Å². The Bertz CT molecular complexity index is 1250. The van der Waals surface area contributed by atoms with Gasteiger partial charge in [0.25, 0.3) is 0 Å². The third-order valence-corrected chi connectivity index (χ3v) is 7.75. The highest BCUT2D eigenvalue weighted by atomic mass is 31.2. The first kappa shape index (κ1) is 22.6. The number of hydrogen-bond acceptors (Lipinski definition) is 4. The smallest absolute Gasteiger partial charge is 0.325 e. The minimum absolute atomic E-state index is 0.0816. The molecule has 2 aromatic rings. The maximum absolute atomic E-state index is 11.2. The lowest BCUT2D eigenvalue weighted by molar-refractivity contribution is 0.370. The highest BCUT2D eigenvalue weighted by Gasteiger charge is 2.26. The van der Waals surface area contributed by atoms with Crippen LogP contribution >= 0.6 is 7.60 Å². The van der Waals surface area contributed by atoms with Gasteiger partial charge in [-0.1, -0.05) is 13.8 Å². The Hall–Kier alpha value is -2.21. The van der Waals surface area contributed by atoms with Gasteiger partial charge in [0, 0.05) is 43.2 Å². The van der Waals surface area contributed by atoms with Gasteiger partial charge in [0.15, 0.2) is 11.5 Å². The zero-order valence-corrected chi connectivity index (χ0v) is 20.4. The first-order valence-corrected chi connectivity index (χ1v) is 13.8. The molecule has 3 aliphatic rings. The predicted octanol–water partition coefficient (Wildman–Crippen LogP) is 3.16. The topological polar surface area (TPSA) is 85.4 Å². The number of anilines is 1. The first-order chi connectivity index (χ1) is 15.8. The molecule has 2 N–H and O–H groups in total. The number of fused-ring (bicyclic) bond motifs is 4. The molecule has 0 spiro atoms.